The number of nitrogens with zero attached hydrogens (tertiary/aromatic N) is 3. The van der Waals surface area contributed by atoms with Crippen LogP contribution in [-0.4, -0.2) is 52.7 Å². The molecule has 1 saturated carbocycles. The molecule has 0 radical (unpaired) electrons. The molecule has 9 heteroatoms. The molecule has 0 spiro atoms. The van der Waals surface area contributed by atoms with E-state index in [-0.39, 0.29) is 4.90 Å². The summed E-state index contributed by atoms with van der Waals surface area (Å²) < 4.78 is 33.8. The maximum atomic E-state index is 12.9. The van der Waals surface area contributed by atoms with Crippen LogP contribution in [-0.2, 0) is 10.0 Å². The predicted molar refractivity (Wildman–Crippen MR) is 141 cm³/mol. The van der Waals surface area contributed by atoms with E-state index < -0.39 is 10.0 Å². The van der Waals surface area contributed by atoms with E-state index in [0.29, 0.717) is 30.1 Å². The van der Waals surface area contributed by atoms with Crippen molar-refractivity contribution < 1.29 is 13.2 Å². The quantitative estimate of drug-likeness (QED) is 0.457. The first-order valence-electron chi connectivity index (χ1n) is 12.1. The lowest BCUT2D eigenvalue weighted by Gasteiger charge is -2.29. The van der Waals surface area contributed by atoms with Crippen molar-refractivity contribution >= 4 is 32.7 Å². The van der Waals surface area contributed by atoms with E-state index in [2.05, 4.69) is 15.0 Å². The maximum absolute atomic E-state index is 12.9. The van der Waals surface area contributed by atoms with Gasteiger partial charge in [0.1, 0.15) is 16.5 Å². The number of hydrogen-bond acceptors (Lipinski definition) is 7. The first kappa shape index (κ1) is 25.2. The van der Waals surface area contributed by atoms with Gasteiger partial charge in [0.25, 0.3) is 0 Å². The molecule has 0 aliphatic heterocycles. The van der Waals surface area contributed by atoms with Crippen LogP contribution in [0.4, 0.5) is 11.8 Å². The number of hydrogen-bond donors (Lipinski definition) is 2. The van der Waals surface area contributed by atoms with Crippen LogP contribution in [0.2, 0.25) is 0 Å². The summed E-state index contributed by atoms with van der Waals surface area (Å²) in [5.74, 6) is 2.76. The SMILES string of the molecule is COc1ccc(C)cc1S(=O)(=O)NCC1CCC(CNc2nc(N(C)C)c3ccccc3n2)CC1. The third kappa shape index (κ3) is 6.02. The van der Waals surface area contributed by atoms with Crippen molar-refractivity contribution in [1.29, 1.82) is 0 Å². The lowest BCUT2D eigenvalue weighted by Crippen LogP contribution is -2.32. The molecule has 0 bridgehead atoms. The van der Waals surface area contributed by atoms with Crippen molar-refractivity contribution in [3.8, 4) is 5.75 Å². The third-order valence-electron chi connectivity index (χ3n) is 6.69. The van der Waals surface area contributed by atoms with Crippen molar-refractivity contribution in [3.63, 3.8) is 0 Å². The van der Waals surface area contributed by atoms with Gasteiger partial charge in [0.2, 0.25) is 16.0 Å². The number of aryl methyl sites for hydroxylation is 1. The summed E-state index contributed by atoms with van der Waals surface area (Å²) in [6, 6.07) is 13.2. The number of ether oxygens (including phenoxy) is 1. The van der Waals surface area contributed by atoms with Gasteiger partial charge >= 0.3 is 0 Å². The Morgan fingerprint density at radius 1 is 1.00 bits per heavy atom. The number of methoxy groups -OCH3 is 1. The molecule has 8 nitrogen and oxygen atoms in total. The molecule has 0 amide bonds. The summed E-state index contributed by atoms with van der Waals surface area (Å²) in [6.07, 6.45) is 4.06. The van der Waals surface area contributed by atoms with E-state index >= 15 is 0 Å². The lowest BCUT2D eigenvalue weighted by molar-refractivity contribution is 0.284. The Morgan fingerprint density at radius 2 is 1.69 bits per heavy atom. The van der Waals surface area contributed by atoms with Crippen LogP contribution in [0.3, 0.4) is 0 Å². The van der Waals surface area contributed by atoms with Gasteiger partial charge in [0.15, 0.2) is 0 Å². The molecule has 0 saturated heterocycles. The van der Waals surface area contributed by atoms with Gasteiger partial charge in [-0.05, 0) is 74.3 Å². The van der Waals surface area contributed by atoms with Crippen molar-refractivity contribution in [2.45, 2.75) is 37.5 Å². The molecule has 1 aliphatic carbocycles. The Bertz CT molecular complexity index is 1270. The number of benzene rings is 2. The molecule has 1 heterocycles. The number of para-hydroxylation sites is 1. The van der Waals surface area contributed by atoms with Crippen LogP contribution in [0, 0.1) is 18.8 Å². The lowest BCUT2D eigenvalue weighted by atomic mass is 9.82. The summed E-state index contributed by atoms with van der Waals surface area (Å²) >= 11 is 0. The minimum absolute atomic E-state index is 0.199. The van der Waals surface area contributed by atoms with Crippen molar-refractivity contribution in [2.75, 3.05) is 44.5 Å². The summed E-state index contributed by atoms with van der Waals surface area (Å²) in [6.45, 7) is 3.13. The fourth-order valence-corrected chi connectivity index (χ4v) is 6.02. The molecule has 2 N–H and O–H groups in total. The Hall–Kier alpha value is -2.91. The Kier molecular flexibility index (Phi) is 7.76. The fourth-order valence-electron chi connectivity index (χ4n) is 4.65. The second kappa shape index (κ2) is 10.8. The van der Waals surface area contributed by atoms with E-state index in [0.717, 1.165) is 54.5 Å². The average Bonchev–Trinajstić information content (AvgIpc) is 2.86. The standard InChI is InChI=1S/C26H35N5O3S/c1-18-9-14-23(34-4)24(15-18)35(32,33)28-17-20-12-10-19(11-13-20)16-27-26-29-22-8-6-5-7-21(22)25(30-26)31(2)3/h5-9,14-15,19-20,28H,10-13,16-17H2,1-4H3,(H,27,29,30). The topological polar surface area (TPSA) is 96.5 Å². The molecule has 1 aliphatic rings. The summed E-state index contributed by atoms with van der Waals surface area (Å²) in [5.41, 5.74) is 1.81. The molecule has 3 aromatic rings. The number of nitrogens with one attached hydrogen (secondary N) is 2. The molecule has 1 aromatic heterocycles. The zero-order valence-electron chi connectivity index (χ0n) is 20.9. The highest BCUT2D eigenvalue weighted by Crippen LogP contribution is 2.30. The van der Waals surface area contributed by atoms with Gasteiger partial charge in [0, 0.05) is 32.6 Å². The zero-order valence-corrected chi connectivity index (χ0v) is 21.7. The second-order valence-electron chi connectivity index (χ2n) is 9.56. The monoisotopic (exact) mass is 497 g/mol. The van der Waals surface area contributed by atoms with Crippen molar-refractivity contribution in [2.24, 2.45) is 11.8 Å². The Balaban J connectivity index is 1.30. The molecular formula is C26H35N5O3S. The van der Waals surface area contributed by atoms with Gasteiger partial charge in [-0.1, -0.05) is 18.2 Å². The van der Waals surface area contributed by atoms with Crippen LogP contribution in [0.5, 0.6) is 5.75 Å². The minimum atomic E-state index is -3.62. The summed E-state index contributed by atoms with van der Waals surface area (Å²) in [4.78, 5) is 11.6. The summed E-state index contributed by atoms with van der Waals surface area (Å²) in [5, 5.41) is 4.47. The van der Waals surface area contributed by atoms with Gasteiger partial charge in [-0.3, -0.25) is 0 Å². The molecule has 4 rings (SSSR count). The van der Waals surface area contributed by atoms with Gasteiger partial charge in [-0.2, -0.15) is 4.98 Å². The van der Waals surface area contributed by atoms with Gasteiger partial charge in [-0.25, -0.2) is 18.1 Å². The van der Waals surface area contributed by atoms with E-state index in [1.807, 2.05) is 56.3 Å². The van der Waals surface area contributed by atoms with E-state index in [1.165, 1.54) is 7.11 Å². The summed E-state index contributed by atoms with van der Waals surface area (Å²) in [7, 11) is 1.85. The first-order valence-corrected chi connectivity index (χ1v) is 13.6. The molecule has 2 aromatic carbocycles. The Labute approximate surface area is 208 Å². The third-order valence-corrected chi connectivity index (χ3v) is 8.14. The molecule has 0 atom stereocenters. The number of rotatable bonds is 9. The minimum Gasteiger partial charge on any atom is -0.495 e. The Morgan fingerprint density at radius 3 is 2.37 bits per heavy atom. The first-order chi connectivity index (χ1) is 16.8. The van der Waals surface area contributed by atoms with Crippen molar-refractivity contribution in [3.05, 3.63) is 48.0 Å². The van der Waals surface area contributed by atoms with Crippen molar-refractivity contribution in [1.82, 2.24) is 14.7 Å². The van der Waals surface area contributed by atoms with Crippen LogP contribution in [0.25, 0.3) is 10.9 Å². The predicted octanol–water partition coefficient (Wildman–Crippen LogP) is 4.21. The molecular weight excluding hydrogens is 462 g/mol. The molecule has 1 fully saturated rings. The maximum Gasteiger partial charge on any atom is 0.244 e. The van der Waals surface area contributed by atoms with E-state index in [1.54, 1.807) is 12.1 Å². The van der Waals surface area contributed by atoms with Gasteiger partial charge in [0.05, 0.1) is 12.6 Å². The van der Waals surface area contributed by atoms with E-state index in [4.69, 9.17) is 9.72 Å². The number of sulfonamides is 1. The average molecular weight is 498 g/mol. The number of fused-ring (bicyclic) bond motifs is 1. The number of anilines is 2. The molecule has 35 heavy (non-hydrogen) atoms. The fraction of sp³-hybridized carbons (Fsp3) is 0.462. The van der Waals surface area contributed by atoms with E-state index in [9.17, 15) is 8.42 Å². The molecule has 0 unspecified atom stereocenters. The normalized spacial score (nSPS) is 18.4. The largest absolute Gasteiger partial charge is 0.495 e. The highest BCUT2D eigenvalue weighted by Gasteiger charge is 2.25. The van der Waals surface area contributed by atoms with Crippen LogP contribution >= 0.6 is 0 Å². The highest BCUT2D eigenvalue weighted by molar-refractivity contribution is 7.89. The highest BCUT2D eigenvalue weighted by atomic mass is 32.2. The smallest absolute Gasteiger partial charge is 0.244 e. The second-order valence-corrected chi connectivity index (χ2v) is 11.3. The van der Waals surface area contributed by atoms with Crippen LogP contribution in [0.15, 0.2) is 47.4 Å². The zero-order chi connectivity index (χ0) is 25.0. The number of aromatic nitrogens is 2. The van der Waals surface area contributed by atoms with Gasteiger partial charge in [-0.15, -0.1) is 0 Å². The van der Waals surface area contributed by atoms with Crippen LogP contribution < -0.4 is 19.7 Å². The molecule has 188 valence electrons. The van der Waals surface area contributed by atoms with Crippen LogP contribution in [0.1, 0.15) is 31.2 Å². The van der Waals surface area contributed by atoms with Gasteiger partial charge < -0.3 is 15.0 Å².